The Morgan fingerprint density at radius 2 is 1.79 bits per heavy atom. The van der Waals surface area contributed by atoms with E-state index in [2.05, 4.69) is 15.9 Å². The molecule has 2 atom stereocenters. The van der Waals surface area contributed by atoms with Gasteiger partial charge in [-0.25, -0.2) is 0 Å². The van der Waals surface area contributed by atoms with Gasteiger partial charge in [0.25, 0.3) is 0 Å². The number of alkyl halides is 1. The molecule has 2 rings (SSSR count). The molecule has 2 amide bonds. The molecule has 1 heterocycles. The van der Waals surface area contributed by atoms with Crippen LogP contribution in [-0.4, -0.2) is 28.6 Å². The average molecular weight is 260 g/mol. The fourth-order valence-corrected chi connectivity index (χ4v) is 2.69. The van der Waals surface area contributed by atoms with E-state index in [-0.39, 0.29) is 29.1 Å². The first kappa shape index (κ1) is 10.1. The van der Waals surface area contributed by atoms with Gasteiger partial charge in [0, 0.05) is 11.9 Å². The molecule has 2 unspecified atom stereocenters. The van der Waals surface area contributed by atoms with Crippen LogP contribution < -0.4 is 0 Å². The van der Waals surface area contributed by atoms with Crippen molar-refractivity contribution >= 4 is 27.7 Å². The van der Waals surface area contributed by atoms with E-state index >= 15 is 0 Å². The van der Waals surface area contributed by atoms with Crippen LogP contribution in [0.4, 0.5) is 0 Å². The summed E-state index contributed by atoms with van der Waals surface area (Å²) in [6.07, 6.45) is 0.845. The molecular formula is C10H14BrNO2. The van der Waals surface area contributed by atoms with E-state index in [0.29, 0.717) is 6.54 Å². The van der Waals surface area contributed by atoms with Crippen LogP contribution in [-0.2, 0) is 9.59 Å². The molecule has 78 valence electrons. The van der Waals surface area contributed by atoms with Crippen LogP contribution in [0, 0.1) is 17.3 Å². The summed E-state index contributed by atoms with van der Waals surface area (Å²) in [5, 5.41) is 0.836. The second-order valence-corrected chi connectivity index (χ2v) is 5.44. The Balaban J connectivity index is 2.06. The largest absolute Gasteiger partial charge is 0.282 e. The maximum atomic E-state index is 11.8. The highest BCUT2D eigenvalue weighted by molar-refractivity contribution is 9.09. The minimum atomic E-state index is -0.0704. The van der Waals surface area contributed by atoms with E-state index in [1.807, 2.05) is 13.8 Å². The van der Waals surface area contributed by atoms with Crippen LogP contribution in [0.2, 0.25) is 0 Å². The van der Waals surface area contributed by atoms with Crippen molar-refractivity contribution in [3.8, 4) is 0 Å². The van der Waals surface area contributed by atoms with Gasteiger partial charge in [0.2, 0.25) is 11.8 Å². The minimum Gasteiger partial charge on any atom is -0.282 e. The number of hydrogen-bond donors (Lipinski definition) is 0. The second-order valence-electron chi connectivity index (χ2n) is 4.65. The summed E-state index contributed by atoms with van der Waals surface area (Å²) in [6.45, 7) is 4.58. The fraction of sp³-hybridized carbons (Fsp3) is 0.800. The first-order valence-corrected chi connectivity index (χ1v) is 6.05. The summed E-state index contributed by atoms with van der Waals surface area (Å²) in [4.78, 5) is 25.0. The standard InChI is InChI=1S/C10H14BrNO2/c1-10(2)6-7(10)9(14)12(8(6)13)5-3-4-11/h6-7H,3-5H2,1-2H3. The summed E-state index contributed by atoms with van der Waals surface area (Å²) in [7, 11) is 0. The Hall–Kier alpha value is -0.380. The van der Waals surface area contributed by atoms with Crippen LogP contribution >= 0.6 is 15.9 Å². The Kier molecular flexibility index (Phi) is 2.21. The number of likely N-dealkylation sites (tertiary alicyclic amines) is 1. The van der Waals surface area contributed by atoms with Crippen molar-refractivity contribution in [3.63, 3.8) is 0 Å². The lowest BCUT2D eigenvalue weighted by atomic mass is 10.1. The smallest absolute Gasteiger partial charge is 0.233 e. The van der Waals surface area contributed by atoms with Gasteiger partial charge in [-0.15, -0.1) is 0 Å². The number of piperidine rings is 1. The summed E-state index contributed by atoms with van der Waals surface area (Å²) in [5.41, 5.74) is -0.0704. The Morgan fingerprint density at radius 1 is 1.29 bits per heavy atom. The first-order chi connectivity index (χ1) is 6.51. The molecule has 0 aromatic carbocycles. The molecule has 0 bridgehead atoms. The molecule has 0 N–H and O–H groups in total. The Bertz CT molecular complexity index is 276. The summed E-state index contributed by atoms with van der Waals surface area (Å²) in [5.74, 6) is 0.0487. The molecule has 2 aliphatic rings. The zero-order valence-corrected chi connectivity index (χ0v) is 10.0. The van der Waals surface area contributed by atoms with Gasteiger partial charge in [0.05, 0.1) is 11.8 Å². The second kappa shape index (κ2) is 3.05. The van der Waals surface area contributed by atoms with Gasteiger partial charge in [-0.1, -0.05) is 29.8 Å². The van der Waals surface area contributed by atoms with Gasteiger partial charge in [-0.05, 0) is 11.8 Å². The number of hydrogen-bond acceptors (Lipinski definition) is 2. The maximum Gasteiger partial charge on any atom is 0.233 e. The third kappa shape index (κ3) is 1.16. The summed E-state index contributed by atoms with van der Waals surface area (Å²) in [6, 6.07) is 0. The van der Waals surface area contributed by atoms with E-state index in [9.17, 15) is 9.59 Å². The number of carbonyl (C=O) groups is 2. The third-order valence-corrected chi connectivity index (χ3v) is 3.97. The van der Waals surface area contributed by atoms with Crippen molar-refractivity contribution in [2.75, 3.05) is 11.9 Å². The van der Waals surface area contributed by atoms with Crippen molar-refractivity contribution in [1.29, 1.82) is 0 Å². The molecule has 14 heavy (non-hydrogen) atoms. The predicted molar refractivity (Wildman–Crippen MR) is 55.9 cm³/mol. The monoisotopic (exact) mass is 259 g/mol. The molecule has 1 saturated carbocycles. The molecule has 1 saturated heterocycles. The van der Waals surface area contributed by atoms with E-state index in [1.54, 1.807) is 0 Å². The summed E-state index contributed by atoms with van der Waals surface area (Å²) >= 11 is 3.30. The topological polar surface area (TPSA) is 37.4 Å². The van der Waals surface area contributed by atoms with Gasteiger partial charge in [-0.2, -0.15) is 0 Å². The number of rotatable bonds is 3. The maximum absolute atomic E-state index is 11.8. The van der Waals surface area contributed by atoms with Crippen molar-refractivity contribution in [3.05, 3.63) is 0 Å². The Morgan fingerprint density at radius 3 is 2.21 bits per heavy atom. The number of fused-ring (bicyclic) bond motifs is 1. The molecule has 2 fully saturated rings. The quantitative estimate of drug-likeness (QED) is 0.568. The van der Waals surface area contributed by atoms with E-state index < -0.39 is 0 Å². The fourth-order valence-electron chi connectivity index (χ4n) is 2.44. The number of halogens is 1. The van der Waals surface area contributed by atoms with Crippen LogP contribution in [0.25, 0.3) is 0 Å². The van der Waals surface area contributed by atoms with E-state index in [4.69, 9.17) is 0 Å². The average Bonchev–Trinajstić information content (AvgIpc) is 2.57. The number of nitrogens with zero attached hydrogens (tertiary/aromatic N) is 1. The molecule has 3 nitrogen and oxygen atoms in total. The molecule has 0 spiro atoms. The highest BCUT2D eigenvalue weighted by atomic mass is 79.9. The lowest BCUT2D eigenvalue weighted by molar-refractivity contribution is -0.143. The number of imide groups is 1. The van der Waals surface area contributed by atoms with Gasteiger partial charge in [-0.3, -0.25) is 14.5 Å². The molecule has 1 aliphatic carbocycles. The number of amides is 2. The molecule has 0 radical (unpaired) electrons. The molecule has 0 aromatic rings. The lowest BCUT2D eigenvalue weighted by Crippen LogP contribution is -2.37. The highest BCUT2D eigenvalue weighted by Gasteiger charge is 2.72. The van der Waals surface area contributed by atoms with Crippen molar-refractivity contribution in [2.45, 2.75) is 20.3 Å². The highest BCUT2D eigenvalue weighted by Crippen LogP contribution is 2.63. The van der Waals surface area contributed by atoms with Crippen LogP contribution in [0.1, 0.15) is 20.3 Å². The SMILES string of the molecule is CC1(C)C2C(=O)N(CCCBr)C(=O)C21. The van der Waals surface area contributed by atoms with Gasteiger partial charge in [0.15, 0.2) is 0 Å². The molecule has 1 aliphatic heterocycles. The van der Waals surface area contributed by atoms with Gasteiger partial charge < -0.3 is 0 Å². The van der Waals surface area contributed by atoms with Gasteiger partial charge >= 0.3 is 0 Å². The predicted octanol–water partition coefficient (Wildman–Crippen LogP) is 1.41. The van der Waals surface area contributed by atoms with Gasteiger partial charge in [0.1, 0.15) is 0 Å². The third-order valence-electron chi connectivity index (χ3n) is 3.41. The van der Waals surface area contributed by atoms with Crippen LogP contribution in [0.3, 0.4) is 0 Å². The molecule has 4 heteroatoms. The van der Waals surface area contributed by atoms with Crippen molar-refractivity contribution < 1.29 is 9.59 Å². The zero-order valence-electron chi connectivity index (χ0n) is 8.42. The lowest BCUT2D eigenvalue weighted by Gasteiger charge is -2.19. The summed E-state index contributed by atoms with van der Waals surface area (Å²) < 4.78 is 0. The normalized spacial score (nSPS) is 33.5. The van der Waals surface area contributed by atoms with Crippen molar-refractivity contribution in [1.82, 2.24) is 4.90 Å². The van der Waals surface area contributed by atoms with E-state index in [1.165, 1.54) is 4.90 Å². The first-order valence-electron chi connectivity index (χ1n) is 4.93. The van der Waals surface area contributed by atoms with Crippen molar-refractivity contribution in [2.24, 2.45) is 17.3 Å². The molecular weight excluding hydrogens is 246 g/mol. The Labute approximate surface area is 92.0 Å². The molecule has 0 aromatic heterocycles. The van der Waals surface area contributed by atoms with E-state index in [0.717, 1.165) is 11.8 Å². The number of carbonyl (C=O) groups excluding carboxylic acids is 2. The zero-order chi connectivity index (χ0) is 10.5. The van der Waals surface area contributed by atoms with Crippen LogP contribution in [0.5, 0.6) is 0 Å². The van der Waals surface area contributed by atoms with Crippen LogP contribution in [0.15, 0.2) is 0 Å². The minimum absolute atomic E-state index is 0.0228.